The van der Waals surface area contributed by atoms with Crippen molar-refractivity contribution < 1.29 is 0 Å². The molecule has 0 radical (unpaired) electrons. The number of rotatable bonds is 3. The van der Waals surface area contributed by atoms with Gasteiger partial charge in [0, 0.05) is 38.1 Å². The van der Waals surface area contributed by atoms with E-state index in [-0.39, 0.29) is 0 Å². The molecule has 0 unspecified atom stereocenters. The standard InChI is InChI=1S/C36H24N2/c1-3-12-24(13-4-1)26-18-11-21-34(36(26)25-14-5-2-6-15-25)38-33-20-10-8-17-28(33)30-22-29-27-16-7-9-19-31(27)37-32(29)23-35(30)38/h1-23,37H. The lowest BCUT2D eigenvalue weighted by Gasteiger charge is -2.18. The van der Waals surface area contributed by atoms with Gasteiger partial charge in [0.05, 0.1) is 16.7 Å². The first-order chi connectivity index (χ1) is 18.9. The van der Waals surface area contributed by atoms with Gasteiger partial charge in [-0.1, -0.05) is 109 Å². The molecule has 2 heterocycles. The van der Waals surface area contributed by atoms with Gasteiger partial charge in [-0.3, -0.25) is 0 Å². The van der Waals surface area contributed by atoms with E-state index >= 15 is 0 Å². The van der Waals surface area contributed by atoms with E-state index in [1.165, 1.54) is 66.0 Å². The molecule has 1 N–H and O–H groups in total. The molecule has 178 valence electrons. The summed E-state index contributed by atoms with van der Waals surface area (Å²) in [6.07, 6.45) is 0. The Morgan fingerprint density at radius 1 is 0.421 bits per heavy atom. The first-order valence-corrected chi connectivity index (χ1v) is 13.0. The molecular weight excluding hydrogens is 460 g/mol. The molecule has 38 heavy (non-hydrogen) atoms. The number of H-pyrrole nitrogens is 1. The van der Waals surface area contributed by atoms with Gasteiger partial charge in [0.1, 0.15) is 0 Å². The van der Waals surface area contributed by atoms with Crippen molar-refractivity contribution in [2.24, 2.45) is 0 Å². The summed E-state index contributed by atoms with van der Waals surface area (Å²) in [5.74, 6) is 0. The molecule has 8 aromatic rings. The third-order valence-electron chi connectivity index (χ3n) is 7.73. The van der Waals surface area contributed by atoms with Crippen LogP contribution in [0.25, 0.3) is 71.6 Å². The van der Waals surface area contributed by atoms with Gasteiger partial charge in [0.25, 0.3) is 0 Å². The molecule has 0 fully saturated rings. The Bertz CT molecular complexity index is 2110. The molecule has 0 aliphatic heterocycles. The van der Waals surface area contributed by atoms with Crippen molar-refractivity contribution in [3.05, 3.63) is 140 Å². The maximum Gasteiger partial charge on any atom is 0.0562 e. The van der Waals surface area contributed by atoms with Crippen molar-refractivity contribution in [1.82, 2.24) is 9.55 Å². The van der Waals surface area contributed by atoms with Crippen molar-refractivity contribution in [1.29, 1.82) is 0 Å². The number of para-hydroxylation sites is 2. The van der Waals surface area contributed by atoms with Gasteiger partial charge in [0.2, 0.25) is 0 Å². The molecule has 0 saturated carbocycles. The van der Waals surface area contributed by atoms with Crippen LogP contribution in [-0.4, -0.2) is 9.55 Å². The van der Waals surface area contributed by atoms with E-state index in [0.717, 1.165) is 5.52 Å². The Morgan fingerprint density at radius 2 is 1.11 bits per heavy atom. The third kappa shape index (κ3) is 3.07. The Kier molecular flexibility index (Phi) is 4.55. The summed E-state index contributed by atoms with van der Waals surface area (Å²) >= 11 is 0. The minimum absolute atomic E-state index is 1.16. The molecule has 2 nitrogen and oxygen atoms in total. The van der Waals surface area contributed by atoms with Crippen LogP contribution < -0.4 is 0 Å². The molecule has 0 bridgehead atoms. The molecule has 0 spiro atoms. The largest absolute Gasteiger partial charge is 0.354 e. The monoisotopic (exact) mass is 484 g/mol. The quantitative estimate of drug-likeness (QED) is 0.258. The summed E-state index contributed by atoms with van der Waals surface area (Å²) in [5.41, 5.74) is 10.8. The first-order valence-electron chi connectivity index (χ1n) is 13.0. The van der Waals surface area contributed by atoms with Crippen LogP contribution in [0.3, 0.4) is 0 Å². The predicted octanol–water partition coefficient (Wildman–Crippen LogP) is 9.75. The number of benzene rings is 6. The Balaban J connectivity index is 1.53. The molecule has 0 saturated heterocycles. The fourth-order valence-corrected chi connectivity index (χ4v) is 6.07. The van der Waals surface area contributed by atoms with E-state index in [2.05, 4.69) is 149 Å². The van der Waals surface area contributed by atoms with E-state index in [1.807, 2.05) is 0 Å². The Labute approximate surface area is 220 Å². The molecule has 2 aromatic heterocycles. The number of aromatic amines is 1. The molecule has 0 aliphatic carbocycles. The van der Waals surface area contributed by atoms with Crippen LogP contribution in [0, 0.1) is 0 Å². The summed E-state index contributed by atoms with van der Waals surface area (Å²) in [4.78, 5) is 3.66. The topological polar surface area (TPSA) is 20.7 Å². The van der Waals surface area contributed by atoms with Crippen molar-refractivity contribution in [3.8, 4) is 27.9 Å². The van der Waals surface area contributed by atoms with Crippen LogP contribution in [0.5, 0.6) is 0 Å². The lowest BCUT2D eigenvalue weighted by Crippen LogP contribution is -1.99. The minimum atomic E-state index is 1.16. The average Bonchev–Trinajstić information content (AvgIpc) is 3.51. The zero-order valence-electron chi connectivity index (χ0n) is 20.7. The van der Waals surface area contributed by atoms with Gasteiger partial charge in [0.15, 0.2) is 0 Å². The van der Waals surface area contributed by atoms with Crippen LogP contribution >= 0.6 is 0 Å². The Hall–Kier alpha value is -5.08. The summed E-state index contributed by atoms with van der Waals surface area (Å²) in [5, 5.41) is 5.05. The number of hydrogen-bond donors (Lipinski definition) is 1. The van der Waals surface area contributed by atoms with Gasteiger partial charge in [-0.15, -0.1) is 0 Å². The number of aromatic nitrogens is 2. The van der Waals surface area contributed by atoms with Crippen LogP contribution in [0.15, 0.2) is 140 Å². The summed E-state index contributed by atoms with van der Waals surface area (Å²) in [6, 6.07) is 50.2. The van der Waals surface area contributed by atoms with E-state index in [0.29, 0.717) is 0 Å². The van der Waals surface area contributed by atoms with Crippen molar-refractivity contribution in [3.63, 3.8) is 0 Å². The highest BCUT2D eigenvalue weighted by molar-refractivity contribution is 6.18. The molecule has 6 aromatic carbocycles. The average molecular weight is 485 g/mol. The Morgan fingerprint density at radius 3 is 1.92 bits per heavy atom. The number of hydrogen-bond acceptors (Lipinski definition) is 0. The van der Waals surface area contributed by atoms with Crippen LogP contribution in [0.2, 0.25) is 0 Å². The molecule has 0 atom stereocenters. The second-order valence-electron chi connectivity index (χ2n) is 9.87. The normalized spacial score (nSPS) is 11.7. The predicted molar refractivity (Wildman–Crippen MR) is 161 cm³/mol. The number of nitrogens with one attached hydrogen (secondary N) is 1. The highest BCUT2D eigenvalue weighted by Crippen LogP contribution is 2.42. The molecule has 0 amide bonds. The van der Waals surface area contributed by atoms with E-state index < -0.39 is 0 Å². The smallest absolute Gasteiger partial charge is 0.0562 e. The van der Waals surface area contributed by atoms with Gasteiger partial charge in [-0.25, -0.2) is 0 Å². The second-order valence-corrected chi connectivity index (χ2v) is 9.87. The SMILES string of the molecule is c1ccc(-c2cccc(-n3c4ccccc4c4cc5c(cc43)[nH]c3ccccc35)c2-c2ccccc2)cc1. The molecule has 8 rings (SSSR count). The number of fused-ring (bicyclic) bond motifs is 6. The van der Waals surface area contributed by atoms with Crippen LogP contribution in [-0.2, 0) is 0 Å². The van der Waals surface area contributed by atoms with E-state index in [9.17, 15) is 0 Å². The molecular formula is C36H24N2. The fraction of sp³-hybridized carbons (Fsp3) is 0. The zero-order valence-corrected chi connectivity index (χ0v) is 20.7. The van der Waals surface area contributed by atoms with Gasteiger partial charge < -0.3 is 9.55 Å². The van der Waals surface area contributed by atoms with E-state index in [4.69, 9.17) is 0 Å². The lowest BCUT2D eigenvalue weighted by atomic mass is 9.93. The second kappa shape index (κ2) is 8.22. The highest BCUT2D eigenvalue weighted by atomic mass is 15.0. The maximum absolute atomic E-state index is 3.66. The summed E-state index contributed by atoms with van der Waals surface area (Å²) in [7, 11) is 0. The third-order valence-corrected chi connectivity index (χ3v) is 7.73. The fourth-order valence-electron chi connectivity index (χ4n) is 6.07. The van der Waals surface area contributed by atoms with Gasteiger partial charge >= 0.3 is 0 Å². The summed E-state index contributed by atoms with van der Waals surface area (Å²) in [6.45, 7) is 0. The number of nitrogens with zero attached hydrogens (tertiary/aromatic N) is 1. The zero-order chi connectivity index (χ0) is 25.1. The minimum Gasteiger partial charge on any atom is -0.354 e. The van der Waals surface area contributed by atoms with Gasteiger partial charge in [-0.2, -0.15) is 0 Å². The van der Waals surface area contributed by atoms with Crippen LogP contribution in [0.4, 0.5) is 0 Å². The van der Waals surface area contributed by atoms with Crippen molar-refractivity contribution in [2.45, 2.75) is 0 Å². The first kappa shape index (κ1) is 21.0. The molecule has 0 aliphatic rings. The van der Waals surface area contributed by atoms with E-state index in [1.54, 1.807) is 0 Å². The van der Waals surface area contributed by atoms with Gasteiger partial charge in [-0.05, 0) is 47.0 Å². The highest BCUT2D eigenvalue weighted by Gasteiger charge is 2.19. The van der Waals surface area contributed by atoms with Crippen molar-refractivity contribution in [2.75, 3.05) is 0 Å². The lowest BCUT2D eigenvalue weighted by molar-refractivity contribution is 1.18. The summed E-state index contributed by atoms with van der Waals surface area (Å²) < 4.78 is 2.45. The maximum atomic E-state index is 3.66. The molecule has 2 heteroatoms. The van der Waals surface area contributed by atoms with Crippen LogP contribution in [0.1, 0.15) is 0 Å². The van der Waals surface area contributed by atoms with Crippen molar-refractivity contribution >= 4 is 43.6 Å².